The van der Waals surface area contributed by atoms with Crippen molar-refractivity contribution in [2.75, 3.05) is 30.9 Å². The van der Waals surface area contributed by atoms with Crippen molar-refractivity contribution in [3.05, 3.63) is 70.9 Å². The third kappa shape index (κ3) is 4.31. The van der Waals surface area contributed by atoms with Crippen molar-refractivity contribution in [1.82, 2.24) is 14.5 Å². The maximum atomic E-state index is 11.7. The molecule has 0 aliphatic heterocycles. The molecule has 1 radical (unpaired) electrons. The van der Waals surface area contributed by atoms with Crippen molar-refractivity contribution in [3.63, 3.8) is 0 Å². The Balaban J connectivity index is 1.77. The largest absolute Gasteiger partial charge is 0.494 e. The number of fused-ring (bicyclic) bond motifs is 1. The number of nitrogens with zero attached hydrogens (tertiary/aromatic N) is 6. The summed E-state index contributed by atoms with van der Waals surface area (Å²) < 4.78 is 7.41. The summed E-state index contributed by atoms with van der Waals surface area (Å²) in [6.07, 6.45) is 3.57. The Labute approximate surface area is 202 Å². The van der Waals surface area contributed by atoms with Crippen LogP contribution in [-0.4, -0.2) is 40.2 Å². The molecule has 0 saturated heterocycles. The van der Waals surface area contributed by atoms with E-state index in [0.717, 1.165) is 22.0 Å². The average Bonchev–Trinajstić information content (AvgIpc) is 3.15. The van der Waals surface area contributed by atoms with Crippen molar-refractivity contribution in [2.45, 2.75) is 6.92 Å². The second-order valence-corrected chi connectivity index (χ2v) is 8.07. The number of aryl methyl sites for hydroxylation is 2. The number of nitrogens with one attached hydrogen (secondary N) is 1. The Morgan fingerprint density at radius 2 is 2.11 bits per heavy atom. The average molecular weight is 471 g/mol. The molecule has 0 bridgehead atoms. The summed E-state index contributed by atoms with van der Waals surface area (Å²) in [5.41, 5.74) is 4.47. The lowest BCUT2D eigenvalue weighted by atomic mass is 10.0. The van der Waals surface area contributed by atoms with Crippen LogP contribution < -0.4 is 15.0 Å². The van der Waals surface area contributed by atoms with Gasteiger partial charge in [-0.05, 0) is 37.6 Å². The van der Waals surface area contributed by atoms with Crippen LogP contribution in [0.5, 0.6) is 5.75 Å². The zero-order valence-corrected chi connectivity index (χ0v) is 19.9. The minimum atomic E-state index is -0.454. The van der Waals surface area contributed by atoms with Gasteiger partial charge in [-0.2, -0.15) is 5.26 Å². The number of ether oxygens (including phenoxy) is 1. The topological polar surface area (TPSA) is 122 Å². The van der Waals surface area contributed by atoms with Crippen LogP contribution in [0.3, 0.4) is 0 Å². The predicted molar refractivity (Wildman–Crippen MR) is 135 cm³/mol. The summed E-state index contributed by atoms with van der Waals surface area (Å²) in [4.78, 5) is 21.8. The Morgan fingerprint density at radius 1 is 1.34 bits per heavy atom. The van der Waals surface area contributed by atoms with Gasteiger partial charge >= 0.3 is 0 Å². The number of anilines is 3. The highest BCUT2D eigenvalue weighted by Crippen LogP contribution is 2.39. The van der Waals surface area contributed by atoms with Gasteiger partial charge in [0.1, 0.15) is 17.5 Å². The molecule has 10 nitrogen and oxygen atoms in total. The SMILES string of the molecule is [CH2]CN(C)c1cc(OC)c(Nc2nccc(-c3cc(C#N)c4c(c3)c(C)cn4C)n2)cc1[N+](=O)[O-]. The molecule has 35 heavy (non-hydrogen) atoms. The first-order valence-electron chi connectivity index (χ1n) is 10.7. The molecule has 2 heterocycles. The lowest BCUT2D eigenvalue weighted by Gasteiger charge is -2.19. The van der Waals surface area contributed by atoms with Gasteiger partial charge in [-0.3, -0.25) is 10.1 Å². The Hall–Kier alpha value is -4.65. The highest BCUT2D eigenvalue weighted by atomic mass is 16.6. The minimum absolute atomic E-state index is 0.0979. The summed E-state index contributed by atoms with van der Waals surface area (Å²) in [6, 6.07) is 10.8. The van der Waals surface area contributed by atoms with Crippen LogP contribution >= 0.6 is 0 Å². The van der Waals surface area contributed by atoms with Crippen LogP contribution in [0.25, 0.3) is 22.2 Å². The van der Waals surface area contributed by atoms with Crippen molar-refractivity contribution in [2.24, 2.45) is 7.05 Å². The van der Waals surface area contributed by atoms with Gasteiger partial charge in [0.15, 0.2) is 0 Å². The molecule has 2 aromatic heterocycles. The fraction of sp³-hybridized carbons (Fsp3) is 0.200. The third-order valence-electron chi connectivity index (χ3n) is 5.83. The second kappa shape index (κ2) is 9.30. The number of benzene rings is 2. The third-order valence-corrected chi connectivity index (χ3v) is 5.83. The first-order valence-corrected chi connectivity index (χ1v) is 10.7. The molecule has 0 aliphatic carbocycles. The van der Waals surface area contributed by atoms with Gasteiger partial charge in [-0.25, -0.2) is 9.97 Å². The molecule has 1 N–H and O–H groups in total. The molecule has 10 heteroatoms. The van der Waals surface area contributed by atoms with E-state index >= 15 is 0 Å². The molecule has 0 unspecified atom stereocenters. The molecular formula is C25H24N7O3. The fourth-order valence-electron chi connectivity index (χ4n) is 4.07. The van der Waals surface area contributed by atoms with Crippen molar-refractivity contribution < 1.29 is 9.66 Å². The molecule has 0 amide bonds. The quantitative estimate of drug-likeness (QED) is 0.303. The molecular weight excluding hydrogens is 446 g/mol. The molecule has 177 valence electrons. The summed E-state index contributed by atoms with van der Waals surface area (Å²) >= 11 is 0. The predicted octanol–water partition coefficient (Wildman–Crippen LogP) is 4.75. The van der Waals surface area contributed by atoms with Gasteiger partial charge in [0.2, 0.25) is 5.95 Å². The van der Waals surface area contributed by atoms with Crippen LogP contribution in [0.15, 0.2) is 42.7 Å². The molecule has 0 fully saturated rings. The summed E-state index contributed by atoms with van der Waals surface area (Å²) in [5, 5.41) is 25.4. The Morgan fingerprint density at radius 3 is 2.77 bits per heavy atom. The molecule has 0 saturated carbocycles. The molecule has 2 aromatic carbocycles. The number of nitriles is 1. The fourth-order valence-corrected chi connectivity index (χ4v) is 4.07. The van der Waals surface area contributed by atoms with E-state index in [4.69, 9.17) is 4.74 Å². The van der Waals surface area contributed by atoms with Gasteiger partial charge in [-0.15, -0.1) is 0 Å². The van der Waals surface area contributed by atoms with Crippen molar-refractivity contribution in [3.8, 4) is 23.1 Å². The highest BCUT2D eigenvalue weighted by Gasteiger charge is 2.22. The van der Waals surface area contributed by atoms with E-state index < -0.39 is 4.92 Å². The van der Waals surface area contributed by atoms with Gasteiger partial charge in [-0.1, -0.05) is 0 Å². The molecule has 0 atom stereocenters. The number of aromatic nitrogens is 3. The summed E-state index contributed by atoms with van der Waals surface area (Å²) in [6.45, 7) is 6.13. The molecule has 0 aliphatic rings. The van der Waals surface area contributed by atoms with Crippen molar-refractivity contribution in [1.29, 1.82) is 5.26 Å². The zero-order valence-electron chi connectivity index (χ0n) is 19.9. The minimum Gasteiger partial charge on any atom is -0.494 e. The highest BCUT2D eigenvalue weighted by molar-refractivity contribution is 5.92. The maximum absolute atomic E-state index is 11.7. The van der Waals surface area contributed by atoms with Crippen LogP contribution in [0, 0.1) is 35.3 Å². The lowest BCUT2D eigenvalue weighted by molar-refractivity contribution is -0.384. The van der Waals surface area contributed by atoms with Gasteiger partial charge in [0, 0.05) is 56.1 Å². The van der Waals surface area contributed by atoms with E-state index in [2.05, 4.69) is 28.3 Å². The number of methoxy groups -OCH3 is 1. The number of hydrogen-bond donors (Lipinski definition) is 1. The number of nitro groups is 1. The second-order valence-electron chi connectivity index (χ2n) is 8.07. The van der Waals surface area contributed by atoms with E-state index in [9.17, 15) is 15.4 Å². The van der Waals surface area contributed by atoms with Crippen LogP contribution in [0.1, 0.15) is 11.1 Å². The maximum Gasteiger partial charge on any atom is 0.294 e. The normalized spacial score (nSPS) is 10.7. The van der Waals surface area contributed by atoms with E-state index in [1.54, 1.807) is 36.3 Å². The number of hydrogen-bond acceptors (Lipinski definition) is 8. The van der Waals surface area contributed by atoms with Gasteiger partial charge in [0.25, 0.3) is 5.69 Å². The van der Waals surface area contributed by atoms with Crippen molar-refractivity contribution >= 4 is 33.9 Å². The van der Waals surface area contributed by atoms with E-state index in [0.29, 0.717) is 34.9 Å². The zero-order chi connectivity index (χ0) is 25.3. The molecule has 4 rings (SSSR count). The Kier molecular flexibility index (Phi) is 6.25. The summed E-state index contributed by atoms with van der Waals surface area (Å²) in [5.74, 6) is 0.629. The Bertz CT molecular complexity index is 1490. The van der Waals surface area contributed by atoms with Gasteiger partial charge in [0.05, 0.1) is 34.5 Å². The molecule has 4 aromatic rings. The smallest absolute Gasteiger partial charge is 0.294 e. The van der Waals surface area contributed by atoms with E-state index in [1.165, 1.54) is 13.2 Å². The first kappa shape index (κ1) is 23.5. The number of rotatable bonds is 7. The van der Waals surface area contributed by atoms with E-state index in [1.807, 2.05) is 30.8 Å². The van der Waals surface area contributed by atoms with Crippen LogP contribution in [0.4, 0.5) is 23.0 Å². The van der Waals surface area contributed by atoms with Crippen LogP contribution in [-0.2, 0) is 7.05 Å². The van der Waals surface area contributed by atoms with E-state index in [-0.39, 0.29) is 11.6 Å². The summed E-state index contributed by atoms with van der Waals surface area (Å²) in [7, 11) is 5.11. The lowest BCUT2D eigenvalue weighted by Crippen LogP contribution is -2.17. The van der Waals surface area contributed by atoms with Gasteiger partial charge < -0.3 is 19.5 Å². The first-order chi connectivity index (χ1) is 16.8. The molecule has 0 spiro atoms. The standard InChI is InChI=1S/C25H24N7O3/c1-6-30(3)21-12-23(35-5)20(11-22(21)32(33)34)29-25-27-8-7-19(28-25)16-9-17(13-26)24-18(10-16)15(2)14-31(24)4/h7-12,14H,1,6H2,2-5H3,(H,27,28,29). The number of nitro benzene ring substituents is 1. The van der Waals surface area contributed by atoms with Crippen LogP contribution in [0.2, 0.25) is 0 Å². The monoisotopic (exact) mass is 470 g/mol.